The Morgan fingerprint density at radius 3 is 2.00 bits per heavy atom. The highest BCUT2D eigenvalue weighted by atomic mass is 31.2. The molecule has 0 aromatic heterocycles. The van der Waals surface area contributed by atoms with Gasteiger partial charge >= 0.3 is 19.8 Å². The molecule has 5 N–H and O–H groups in total. The number of hydrogen-bond donors (Lipinski definition) is 5. The Balaban J connectivity index is 2.37. The Morgan fingerprint density at radius 2 is 1.38 bits per heavy atom. The summed E-state index contributed by atoms with van der Waals surface area (Å²) in [6.07, 6.45) is 37.2. The summed E-state index contributed by atoms with van der Waals surface area (Å²) in [6.45, 7) is 3.14. The van der Waals surface area contributed by atoms with Gasteiger partial charge in [-0.1, -0.05) is 125 Å². The second kappa shape index (κ2) is 32.2. The van der Waals surface area contributed by atoms with E-state index in [0.717, 1.165) is 70.6 Å². The highest BCUT2D eigenvalue weighted by Gasteiger charge is 2.39. The Kier molecular flexibility index (Phi) is 29.4. The van der Waals surface area contributed by atoms with Crippen molar-refractivity contribution in [1.29, 1.82) is 0 Å². The number of allylic oxidation sites excluding steroid dienone is 11. The van der Waals surface area contributed by atoms with Gasteiger partial charge < -0.3 is 34.6 Å². The van der Waals surface area contributed by atoms with E-state index in [-0.39, 0.29) is 31.1 Å². The summed E-state index contributed by atoms with van der Waals surface area (Å²) in [6, 6.07) is 0. The van der Waals surface area contributed by atoms with Crippen LogP contribution in [0.2, 0.25) is 0 Å². The first-order valence-corrected chi connectivity index (χ1v) is 21.7. The van der Waals surface area contributed by atoms with E-state index in [1.54, 1.807) is 24.3 Å². The predicted molar refractivity (Wildman–Crippen MR) is 218 cm³/mol. The van der Waals surface area contributed by atoms with Crippen LogP contribution in [0.1, 0.15) is 123 Å². The largest absolute Gasteiger partial charge is 0.469 e. The molecule has 12 heteroatoms. The molecule has 1 aliphatic rings. The van der Waals surface area contributed by atoms with Crippen molar-refractivity contribution < 1.29 is 53.3 Å². The van der Waals surface area contributed by atoms with Crippen molar-refractivity contribution in [2.75, 3.05) is 13.2 Å². The lowest BCUT2D eigenvalue weighted by atomic mass is 9.89. The maximum absolute atomic E-state index is 12.5. The number of aliphatic hydroxyl groups is 3. The molecule has 0 radical (unpaired) electrons. The normalized spacial score (nSPS) is 20.8. The maximum Gasteiger partial charge on any atom is 0.469 e. The van der Waals surface area contributed by atoms with Crippen LogP contribution in [0.3, 0.4) is 0 Å². The van der Waals surface area contributed by atoms with Crippen LogP contribution in [-0.2, 0) is 28.2 Å². The van der Waals surface area contributed by atoms with Crippen LogP contribution >= 0.6 is 7.82 Å². The number of aliphatic hydroxyl groups excluding tert-OH is 3. The Labute approximate surface area is 329 Å². The molecule has 1 saturated carbocycles. The van der Waals surface area contributed by atoms with Gasteiger partial charge in [0.05, 0.1) is 31.3 Å². The maximum atomic E-state index is 12.5. The minimum absolute atomic E-state index is 0.157. The molecule has 0 aliphatic heterocycles. The average Bonchev–Trinajstić information content (AvgIpc) is 3.41. The molecular weight excluding hydrogens is 723 g/mol. The van der Waals surface area contributed by atoms with Gasteiger partial charge in [-0.2, -0.15) is 0 Å². The molecule has 0 aromatic rings. The Hall–Kier alpha value is -2.89. The van der Waals surface area contributed by atoms with Crippen molar-refractivity contribution in [2.45, 2.75) is 147 Å². The minimum atomic E-state index is -4.86. The SMILES string of the molecule is CC/C=C\C/C=C\C/C=C\C/C=C\C/C=C\CCCCCC(=O)OC[C@H](COP(=O)(O)O)OC(=O)C/C=C\C[C@H]1[C@@H](/C=C/[C@H](O)CCCCC)[C@H](O)C[C@@H]1O. The van der Waals surface area contributed by atoms with Crippen LogP contribution < -0.4 is 0 Å². The van der Waals surface area contributed by atoms with Crippen LogP contribution in [0.4, 0.5) is 0 Å². The molecular formula is C43H69O11P. The van der Waals surface area contributed by atoms with Gasteiger partial charge in [0.15, 0.2) is 6.10 Å². The number of phosphoric acid groups is 1. The van der Waals surface area contributed by atoms with Crippen LogP contribution in [-0.4, -0.2) is 74.7 Å². The van der Waals surface area contributed by atoms with Gasteiger partial charge in [-0.15, -0.1) is 0 Å². The molecule has 11 nitrogen and oxygen atoms in total. The molecule has 0 saturated heterocycles. The summed E-state index contributed by atoms with van der Waals surface area (Å²) < 4.78 is 26.3. The van der Waals surface area contributed by atoms with E-state index in [1.807, 2.05) is 0 Å². The minimum Gasteiger partial charge on any atom is -0.462 e. The second-order valence-corrected chi connectivity index (χ2v) is 15.1. The molecule has 0 spiro atoms. The van der Waals surface area contributed by atoms with Crippen molar-refractivity contribution in [3.05, 3.63) is 85.1 Å². The highest BCUT2D eigenvalue weighted by molar-refractivity contribution is 7.46. The quantitative estimate of drug-likeness (QED) is 0.0197. The molecule has 0 heterocycles. The Morgan fingerprint density at radius 1 is 0.745 bits per heavy atom. The number of carbonyl (C=O) groups is 2. The van der Waals surface area contributed by atoms with Gasteiger partial charge in [0, 0.05) is 18.8 Å². The molecule has 0 aromatic carbocycles. The van der Waals surface area contributed by atoms with E-state index >= 15 is 0 Å². The summed E-state index contributed by atoms with van der Waals surface area (Å²) in [5.74, 6) is -1.88. The zero-order valence-electron chi connectivity index (χ0n) is 33.1. The lowest BCUT2D eigenvalue weighted by molar-refractivity contribution is -0.160. The summed E-state index contributed by atoms with van der Waals surface area (Å²) in [5.41, 5.74) is 0. The van der Waals surface area contributed by atoms with Crippen LogP contribution in [0, 0.1) is 11.8 Å². The van der Waals surface area contributed by atoms with Crippen molar-refractivity contribution in [1.82, 2.24) is 0 Å². The average molecular weight is 793 g/mol. The van der Waals surface area contributed by atoms with Crippen molar-refractivity contribution in [3.8, 4) is 0 Å². The zero-order chi connectivity index (χ0) is 40.6. The summed E-state index contributed by atoms with van der Waals surface area (Å²) in [7, 11) is -4.86. The third-order valence-electron chi connectivity index (χ3n) is 9.00. The first-order chi connectivity index (χ1) is 26.5. The number of hydrogen-bond acceptors (Lipinski definition) is 9. The fraction of sp³-hybridized carbons (Fsp3) is 0.628. The first-order valence-electron chi connectivity index (χ1n) is 20.1. The summed E-state index contributed by atoms with van der Waals surface area (Å²) >= 11 is 0. The van der Waals surface area contributed by atoms with E-state index in [0.29, 0.717) is 19.3 Å². The van der Waals surface area contributed by atoms with Crippen molar-refractivity contribution >= 4 is 19.8 Å². The number of phosphoric ester groups is 1. The van der Waals surface area contributed by atoms with Crippen molar-refractivity contribution in [2.24, 2.45) is 11.8 Å². The third-order valence-corrected chi connectivity index (χ3v) is 9.49. The van der Waals surface area contributed by atoms with E-state index in [9.17, 15) is 29.5 Å². The van der Waals surface area contributed by atoms with Crippen molar-refractivity contribution in [3.63, 3.8) is 0 Å². The number of ether oxygens (including phenoxy) is 2. The molecule has 1 rings (SSSR count). The molecule has 1 aliphatic carbocycles. The monoisotopic (exact) mass is 792 g/mol. The van der Waals surface area contributed by atoms with E-state index in [4.69, 9.17) is 19.3 Å². The lowest BCUT2D eigenvalue weighted by Gasteiger charge is -2.20. The van der Waals surface area contributed by atoms with Gasteiger partial charge in [-0.25, -0.2) is 4.57 Å². The molecule has 6 atom stereocenters. The first kappa shape index (κ1) is 50.1. The highest BCUT2D eigenvalue weighted by Crippen LogP contribution is 2.37. The van der Waals surface area contributed by atoms with Gasteiger partial charge in [-0.05, 0) is 70.1 Å². The summed E-state index contributed by atoms with van der Waals surface area (Å²) in [5, 5.41) is 31.2. The third kappa shape index (κ3) is 28.2. The van der Waals surface area contributed by atoms with E-state index in [2.05, 4.69) is 79.1 Å². The second-order valence-electron chi connectivity index (χ2n) is 13.9. The molecule has 55 heavy (non-hydrogen) atoms. The smallest absolute Gasteiger partial charge is 0.462 e. The summed E-state index contributed by atoms with van der Waals surface area (Å²) in [4.78, 5) is 43.1. The molecule has 312 valence electrons. The van der Waals surface area contributed by atoms with Crippen LogP contribution in [0.5, 0.6) is 0 Å². The van der Waals surface area contributed by atoms with Crippen LogP contribution in [0.15, 0.2) is 85.1 Å². The van der Waals surface area contributed by atoms with E-state index in [1.165, 1.54) is 0 Å². The molecule has 1 fully saturated rings. The van der Waals surface area contributed by atoms with Gasteiger partial charge in [-0.3, -0.25) is 14.1 Å². The predicted octanol–water partition coefficient (Wildman–Crippen LogP) is 8.44. The van der Waals surface area contributed by atoms with E-state index < -0.39 is 57.4 Å². The Bertz CT molecular complexity index is 1280. The fourth-order valence-corrected chi connectivity index (χ4v) is 6.32. The molecule has 0 bridgehead atoms. The number of carbonyl (C=O) groups excluding carboxylic acids is 2. The number of esters is 2. The standard InChI is InChI=1S/C43H69O11P/c1-3-5-7-8-9-10-11-12-13-14-15-16-17-18-19-20-21-22-24-29-42(47)52-34-37(35-53-55(49,50)51)54-43(48)30-26-25-28-38-39(41(46)33-40(38)45)32-31-36(44)27-23-6-4-2/h5,7,9-10,12-13,15-16,18-19,25-26,31-32,36-41,44-46H,3-4,6,8,11,14,17,20-24,27-30,33-35H2,1-2H3,(H2,49,50,51)/b7-5-,10-9-,13-12-,16-15-,19-18-,26-25-,32-31+/t36-,37-,38+,39-,40+,41-/m1/s1. The van der Waals surface area contributed by atoms with Gasteiger partial charge in [0.2, 0.25) is 0 Å². The zero-order valence-corrected chi connectivity index (χ0v) is 34.0. The van der Waals surface area contributed by atoms with Gasteiger partial charge in [0.25, 0.3) is 0 Å². The number of rotatable bonds is 31. The topological polar surface area (TPSA) is 180 Å². The fourth-order valence-electron chi connectivity index (χ4n) is 5.96. The van der Waals surface area contributed by atoms with Crippen LogP contribution in [0.25, 0.3) is 0 Å². The van der Waals surface area contributed by atoms with Gasteiger partial charge in [0.1, 0.15) is 6.61 Å². The molecule has 0 amide bonds. The number of unbranched alkanes of at least 4 members (excludes halogenated alkanes) is 5. The molecule has 0 unspecified atom stereocenters. The lowest BCUT2D eigenvalue weighted by Crippen LogP contribution is -2.29.